The highest BCUT2D eigenvalue weighted by Crippen LogP contribution is 2.39. The zero-order valence-corrected chi connectivity index (χ0v) is 11.3. The summed E-state index contributed by atoms with van der Waals surface area (Å²) in [5, 5.41) is 0. The van der Waals surface area contributed by atoms with E-state index in [4.69, 9.17) is 5.73 Å². The third-order valence-corrected chi connectivity index (χ3v) is 4.97. The van der Waals surface area contributed by atoms with E-state index in [1.165, 1.54) is 31.5 Å². The second-order valence-corrected chi connectivity index (χ2v) is 6.23. The molecule has 1 aromatic carbocycles. The highest BCUT2D eigenvalue weighted by atomic mass is 15.2. The first-order valence-electron chi connectivity index (χ1n) is 7.26. The molecule has 1 aliphatic heterocycles. The van der Waals surface area contributed by atoms with Crippen molar-refractivity contribution in [3.63, 3.8) is 0 Å². The predicted octanol–water partition coefficient (Wildman–Crippen LogP) is 2.49. The van der Waals surface area contributed by atoms with Gasteiger partial charge in [0.25, 0.3) is 0 Å². The summed E-state index contributed by atoms with van der Waals surface area (Å²) in [4.78, 5) is 2.60. The maximum atomic E-state index is 6.31. The van der Waals surface area contributed by atoms with Crippen molar-refractivity contribution in [1.82, 2.24) is 4.90 Å². The minimum Gasteiger partial charge on any atom is -0.327 e. The lowest BCUT2D eigenvalue weighted by Gasteiger charge is -2.35. The van der Waals surface area contributed by atoms with Crippen LogP contribution >= 0.6 is 0 Å². The molecule has 0 aromatic heterocycles. The van der Waals surface area contributed by atoms with Gasteiger partial charge in [0.2, 0.25) is 0 Å². The quantitative estimate of drug-likeness (QED) is 0.866. The van der Waals surface area contributed by atoms with Crippen LogP contribution in [0.3, 0.4) is 0 Å². The van der Waals surface area contributed by atoms with Gasteiger partial charge in [-0.15, -0.1) is 0 Å². The molecular weight excluding hydrogens is 220 g/mol. The first kappa shape index (κ1) is 12.2. The van der Waals surface area contributed by atoms with Crippen molar-refractivity contribution in [2.24, 2.45) is 23.5 Å². The summed E-state index contributed by atoms with van der Waals surface area (Å²) in [6.45, 7) is 5.95. The Morgan fingerprint density at radius 3 is 2.56 bits per heavy atom. The fourth-order valence-electron chi connectivity index (χ4n) is 3.85. The van der Waals surface area contributed by atoms with Crippen molar-refractivity contribution in [3.05, 3.63) is 35.9 Å². The van der Waals surface area contributed by atoms with Crippen LogP contribution in [0.25, 0.3) is 0 Å². The number of fused-ring (bicyclic) bond motifs is 1. The zero-order valence-electron chi connectivity index (χ0n) is 11.3. The summed E-state index contributed by atoms with van der Waals surface area (Å²) < 4.78 is 0. The lowest BCUT2D eigenvalue weighted by atomic mass is 9.72. The van der Waals surface area contributed by atoms with Gasteiger partial charge in [0.05, 0.1) is 0 Å². The topological polar surface area (TPSA) is 29.3 Å². The summed E-state index contributed by atoms with van der Waals surface area (Å²) >= 11 is 0. The van der Waals surface area contributed by atoms with Crippen LogP contribution < -0.4 is 5.73 Å². The van der Waals surface area contributed by atoms with E-state index < -0.39 is 0 Å². The van der Waals surface area contributed by atoms with Crippen molar-refractivity contribution in [1.29, 1.82) is 0 Å². The molecule has 1 saturated heterocycles. The second kappa shape index (κ2) is 5.02. The van der Waals surface area contributed by atoms with Gasteiger partial charge in [-0.05, 0) is 36.2 Å². The highest BCUT2D eigenvalue weighted by molar-refractivity contribution is 5.15. The molecule has 0 bridgehead atoms. The third-order valence-electron chi connectivity index (χ3n) is 4.97. The Bertz CT molecular complexity index is 371. The van der Waals surface area contributed by atoms with Crippen LogP contribution in [-0.4, -0.2) is 24.0 Å². The number of hydrogen-bond acceptors (Lipinski definition) is 2. The number of rotatable bonds is 2. The molecule has 2 aliphatic rings. The molecule has 2 heteroatoms. The van der Waals surface area contributed by atoms with Crippen LogP contribution in [0.4, 0.5) is 0 Å². The molecule has 2 fully saturated rings. The molecule has 4 atom stereocenters. The molecule has 1 aromatic rings. The van der Waals surface area contributed by atoms with E-state index in [0.29, 0.717) is 6.04 Å². The third kappa shape index (κ3) is 2.32. The van der Waals surface area contributed by atoms with Gasteiger partial charge in [0.15, 0.2) is 0 Å². The van der Waals surface area contributed by atoms with Gasteiger partial charge in [-0.2, -0.15) is 0 Å². The molecule has 0 radical (unpaired) electrons. The first-order valence-corrected chi connectivity index (χ1v) is 7.26. The molecule has 1 heterocycles. The normalized spacial score (nSPS) is 36.6. The van der Waals surface area contributed by atoms with Crippen LogP contribution in [0.15, 0.2) is 30.3 Å². The Labute approximate surface area is 110 Å². The average molecular weight is 244 g/mol. The number of nitrogens with two attached hydrogens (primary N) is 1. The van der Waals surface area contributed by atoms with E-state index in [1.807, 2.05) is 0 Å². The number of benzene rings is 1. The molecule has 2 N–H and O–H groups in total. The van der Waals surface area contributed by atoms with Gasteiger partial charge in [-0.25, -0.2) is 0 Å². The van der Waals surface area contributed by atoms with Gasteiger partial charge < -0.3 is 5.73 Å². The summed E-state index contributed by atoms with van der Waals surface area (Å²) in [5.74, 6) is 2.42. The van der Waals surface area contributed by atoms with Gasteiger partial charge in [-0.3, -0.25) is 4.90 Å². The molecule has 0 unspecified atom stereocenters. The van der Waals surface area contributed by atoms with Gasteiger partial charge in [0.1, 0.15) is 0 Å². The Hall–Kier alpha value is -0.860. The lowest BCUT2D eigenvalue weighted by Crippen LogP contribution is -2.41. The largest absolute Gasteiger partial charge is 0.327 e. The molecule has 1 aliphatic carbocycles. The maximum Gasteiger partial charge on any atom is 0.0233 e. The van der Waals surface area contributed by atoms with Crippen LogP contribution in [0.5, 0.6) is 0 Å². The maximum absolute atomic E-state index is 6.31. The van der Waals surface area contributed by atoms with E-state index in [0.717, 1.165) is 24.3 Å². The van der Waals surface area contributed by atoms with Crippen molar-refractivity contribution in [2.75, 3.05) is 13.1 Å². The standard InChI is InChI=1S/C16H24N2/c1-12-7-8-16(17)15-11-18(10-14(12)15)9-13-5-3-2-4-6-13/h2-6,12,14-16H,7-11,17H2,1H3/t12-,14-,15-,16+/m0/s1. The van der Waals surface area contributed by atoms with Crippen molar-refractivity contribution in [3.8, 4) is 0 Å². The molecule has 98 valence electrons. The van der Waals surface area contributed by atoms with E-state index in [9.17, 15) is 0 Å². The summed E-state index contributed by atoms with van der Waals surface area (Å²) in [6.07, 6.45) is 2.54. The molecule has 18 heavy (non-hydrogen) atoms. The predicted molar refractivity (Wildman–Crippen MR) is 75.1 cm³/mol. The Balaban J connectivity index is 1.67. The minimum atomic E-state index is 0.437. The van der Waals surface area contributed by atoms with Crippen molar-refractivity contribution in [2.45, 2.75) is 32.4 Å². The molecule has 0 amide bonds. The SMILES string of the molecule is C[C@H]1CC[C@@H](N)[C@H]2CN(Cc3ccccc3)C[C@H]21. The molecule has 2 nitrogen and oxygen atoms in total. The smallest absolute Gasteiger partial charge is 0.0233 e. The Morgan fingerprint density at radius 2 is 1.83 bits per heavy atom. The Morgan fingerprint density at radius 1 is 1.11 bits per heavy atom. The van der Waals surface area contributed by atoms with Crippen molar-refractivity contribution >= 4 is 0 Å². The summed E-state index contributed by atoms with van der Waals surface area (Å²) in [5.41, 5.74) is 7.74. The summed E-state index contributed by atoms with van der Waals surface area (Å²) in [6, 6.07) is 11.2. The highest BCUT2D eigenvalue weighted by Gasteiger charge is 2.41. The van der Waals surface area contributed by atoms with Gasteiger partial charge in [0, 0.05) is 25.7 Å². The van der Waals surface area contributed by atoms with Crippen LogP contribution in [0.2, 0.25) is 0 Å². The first-order chi connectivity index (χ1) is 8.74. The molecule has 1 saturated carbocycles. The van der Waals surface area contributed by atoms with E-state index in [2.05, 4.69) is 42.2 Å². The lowest BCUT2D eigenvalue weighted by molar-refractivity contribution is 0.187. The van der Waals surface area contributed by atoms with Gasteiger partial charge >= 0.3 is 0 Å². The monoisotopic (exact) mass is 244 g/mol. The molecule has 0 spiro atoms. The summed E-state index contributed by atoms with van der Waals surface area (Å²) in [7, 11) is 0. The number of likely N-dealkylation sites (tertiary alicyclic amines) is 1. The van der Waals surface area contributed by atoms with E-state index >= 15 is 0 Å². The fraction of sp³-hybridized carbons (Fsp3) is 0.625. The van der Waals surface area contributed by atoms with Crippen molar-refractivity contribution < 1.29 is 0 Å². The van der Waals surface area contributed by atoms with Gasteiger partial charge in [-0.1, -0.05) is 37.3 Å². The zero-order chi connectivity index (χ0) is 12.5. The number of hydrogen-bond donors (Lipinski definition) is 1. The molecule has 3 rings (SSSR count). The fourth-order valence-corrected chi connectivity index (χ4v) is 3.85. The van der Waals surface area contributed by atoms with Crippen LogP contribution in [-0.2, 0) is 6.54 Å². The Kier molecular flexibility index (Phi) is 3.40. The number of nitrogens with zero attached hydrogens (tertiary/aromatic N) is 1. The van der Waals surface area contributed by atoms with Crippen LogP contribution in [0, 0.1) is 17.8 Å². The second-order valence-electron chi connectivity index (χ2n) is 6.23. The van der Waals surface area contributed by atoms with E-state index in [1.54, 1.807) is 0 Å². The average Bonchev–Trinajstić information content (AvgIpc) is 2.80. The van der Waals surface area contributed by atoms with Crippen LogP contribution in [0.1, 0.15) is 25.3 Å². The van der Waals surface area contributed by atoms with E-state index in [-0.39, 0.29) is 0 Å². The molecular formula is C16H24N2. The minimum absolute atomic E-state index is 0.437.